The number of piperazine rings is 1. The summed E-state index contributed by atoms with van der Waals surface area (Å²) in [5.74, 6) is -1.05. The van der Waals surface area contributed by atoms with Gasteiger partial charge in [-0.3, -0.25) is 0 Å². The largest absolute Gasteiger partial charge is 0.493 e. The Balaban J connectivity index is 1.81. The monoisotopic (exact) mass is 448 g/mol. The second kappa shape index (κ2) is 9.46. The molecule has 0 bridgehead atoms. The van der Waals surface area contributed by atoms with Gasteiger partial charge in [-0.2, -0.15) is 4.31 Å². The zero-order valence-electron chi connectivity index (χ0n) is 17.5. The molecule has 10 heteroatoms. The summed E-state index contributed by atoms with van der Waals surface area (Å²) in [5, 5.41) is 0. The Morgan fingerprint density at radius 2 is 1.55 bits per heavy atom. The molecule has 166 valence electrons. The number of methoxy groups -OCH3 is 2. The molecule has 0 aliphatic carbocycles. The first kappa shape index (κ1) is 22.7. The van der Waals surface area contributed by atoms with E-state index in [4.69, 9.17) is 9.47 Å². The highest BCUT2D eigenvalue weighted by Crippen LogP contribution is 2.29. The molecule has 0 atom stereocenters. The number of carbonyl (C=O) groups excluding carboxylic acids is 2. The highest BCUT2D eigenvalue weighted by Gasteiger charge is 2.28. The smallest absolute Gasteiger partial charge is 0.343 e. The van der Waals surface area contributed by atoms with Gasteiger partial charge in [-0.1, -0.05) is 6.07 Å². The lowest BCUT2D eigenvalue weighted by atomic mass is 10.2. The van der Waals surface area contributed by atoms with Gasteiger partial charge in [0.1, 0.15) is 0 Å². The lowest BCUT2D eigenvalue weighted by molar-refractivity contribution is 0.0600. The van der Waals surface area contributed by atoms with Crippen LogP contribution in [0.1, 0.15) is 20.7 Å². The molecule has 1 aliphatic heterocycles. The van der Waals surface area contributed by atoms with Crippen molar-refractivity contribution in [3.8, 4) is 11.5 Å². The van der Waals surface area contributed by atoms with Crippen molar-refractivity contribution in [2.24, 2.45) is 0 Å². The predicted octanol–water partition coefficient (Wildman–Crippen LogP) is 1.64. The number of hydrogen-bond donors (Lipinski definition) is 0. The third-order valence-corrected chi connectivity index (χ3v) is 6.85. The number of esters is 2. The molecule has 0 saturated carbocycles. The minimum atomic E-state index is -3.72. The van der Waals surface area contributed by atoms with Crippen molar-refractivity contribution in [2.45, 2.75) is 4.90 Å². The van der Waals surface area contributed by atoms with Crippen molar-refractivity contribution in [3.05, 3.63) is 53.6 Å². The van der Waals surface area contributed by atoms with Gasteiger partial charge in [0, 0.05) is 26.2 Å². The minimum absolute atomic E-state index is 0.0273. The molecule has 1 aliphatic rings. The van der Waals surface area contributed by atoms with E-state index in [0.29, 0.717) is 26.2 Å². The van der Waals surface area contributed by atoms with Gasteiger partial charge >= 0.3 is 11.9 Å². The van der Waals surface area contributed by atoms with Crippen LogP contribution in [0, 0.1) is 0 Å². The second-order valence-corrected chi connectivity index (χ2v) is 8.92. The maximum atomic E-state index is 12.9. The van der Waals surface area contributed by atoms with Gasteiger partial charge in [0.25, 0.3) is 0 Å². The fourth-order valence-electron chi connectivity index (χ4n) is 3.12. The summed E-state index contributed by atoms with van der Waals surface area (Å²) in [6.07, 6.45) is 0. The molecule has 2 aromatic rings. The SMILES string of the molecule is COC(=O)c1ccc(OC(=O)c2cccc(S(=O)(=O)N3CCN(C)CC3)c2)c(OC)c1. The second-order valence-electron chi connectivity index (χ2n) is 6.98. The number of carbonyl (C=O) groups is 2. The Morgan fingerprint density at radius 3 is 2.19 bits per heavy atom. The lowest BCUT2D eigenvalue weighted by Crippen LogP contribution is -2.47. The van der Waals surface area contributed by atoms with Crippen LogP contribution in [0.5, 0.6) is 11.5 Å². The number of hydrogen-bond acceptors (Lipinski definition) is 8. The number of rotatable bonds is 6. The van der Waals surface area contributed by atoms with Crippen LogP contribution in [0.2, 0.25) is 0 Å². The summed E-state index contributed by atoms with van der Waals surface area (Å²) in [6, 6.07) is 9.96. The lowest BCUT2D eigenvalue weighted by Gasteiger charge is -2.31. The predicted molar refractivity (Wildman–Crippen MR) is 112 cm³/mol. The molecule has 2 aromatic carbocycles. The molecular weight excluding hydrogens is 424 g/mol. The van der Waals surface area contributed by atoms with Crippen molar-refractivity contribution >= 4 is 22.0 Å². The third kappa shape index (κ3) is 5.04. The fraction of sp³-hybridized carbons (Fsp3) is 0.333. The van der Waals surface area contributed by atoms with Crippen molar-refractivity contribution in [1.29, 1.82) is 0 Å². The normalized spacial score (nSPS) is 15.3. The average molecular weight is 448 g/mol. The number of sulfonamides is 1. The first-order valence-corrected chi connectivity index (χ1v) is 11.0. The zero-order valence-corrected chi connectivity index (χ0v) is 18.3. The number of likely N-dealkylation sites (N-methyl/N-ethyl adjacent to an activating group) is 1. The van der Waals surface area contributed by atoms with Crippen molar-refractivity contribution in [2.75, 3.05) is 47.4 Å². The molecule has 0 radical (unpaired) electrons. The molecule has 1 saturated heterocycles. The van der Waals surface area contributed by atoms with Gasteiger partial charge in [0.2, 0.25) is 10.0 Å². The quantitative estimate of drug-likeness (QED) is 0.485. The Bertz CT molecular complexity index is 1080. The zero-order chi connectivity index (χ0) is 22.6. The summed E-state index contributed by atoms with van der Waals surface area (Å²) in [6.45, 7) is 2.05. The van der Waals surface area contributed by atoms with E-state index in [9.17, 15) is 18.0 Å². The van der Waals surface area contributed by atoms with Crippen LogP contribution in [-0.2, 0) is 14.8 Å². The van der Waals surface area contributed by atoms with Crippen LogP contribution >= 0.6 is 0 Å². The van der Waals surface area contributed by atoms with Crippen molar-refractivity contribution in [3.63, 3.8) is 0 Å². The maximum absolute atomic E-state index is 12.9. The molecule has 31 heavy (non-hydrogen) atoms. The van der Waals surface area contributed by atoms with E-state index in [1.807, 2.05) is 7.05 Å². The molecule has 9 nitrogen and oxygen atoms in total. The van der Waals surface area contributed by atoms with E-state index in [2.05, 4.69) is 9.64 Å². The number of nitrogens with zero attached hydrogens (tertiary/aromatic N) is 2. The van der Waals surface area contributed by atoms with Crippen molar-refractivity contribution < 1.29 is 32.2 Å². The standard InChI is InChI=1S/C21H24N2O7S/c1-22-9-11-23(12-10-22)31(26,27)17-6-4-5-15(13-17)21(25)30-18-8-7-16(20(24)29-3)14-19(18)28-2/h4-8,13-14H,9-12H2,1-3H3. The molecular formula is C21H24N2O7S. The highest BCUT2D eigenvalue weighted by atomic mass is 32.2. The van der Waals surface area contributed by atoms with Crippen LogP contribution in [0.4, 0.5) is 0 Å². The van der Waals surface area contributed by atoms with E-state index >= 15 is 0 Å². The topological polar surface area (TPSA) is 102 Å². The molecule has 0 spiro atoms. The van der Waals surface area contributed by atoms with Crippen molar-refractivity contribution in [1.82, 2.24) is 9.21 Å². The minimum Gasteiger partial charge on any atom is -0.493 e. The van der Waals surface area contributed by atoms with Crippen LogP contribution in [-0.4, -0.2) is 77.0 Å². The summed E-state index contributed by atoms with van der Waals surface area (Å²) in [7, 11) is 0.843. The average Bonchev–Trinajstić information content (AvgIpc) is 2.79. The molecule has 0 amide bonds. The fourth-order valence-corrected chi connectivity index (χ4v) is 4.59. The van der Waals surface area contributed by atoms with Gasteiger partial charge in [-0.05, 0) is 43.4 Å². The highest BCUT2D eigenvalue weighted by molar-refractivity contribution is 7.89. The third-order valence-electron chi connectivity index (χ3n) is 4.96. The molecule has 0 unspecified atom stereocenters. The van der Waals surface area contributed by atoms with E-state index in [0.717, 1.165) is 0 Å². The molecule has 3 rings (SSSR count). The Labute approximate surface area is 181 Å². The van der Waals surface area contributed by atoms with E-state index in [1.165, 1.54) is 61.0 Å². The van der Waals surface area contributed by atoms with E-state index in [-0.39, 0.29) is 27.5 Å². The van der Waals surface area contributed by atoms with Gasteiger partial charge in [-0.15, -0.1) is 0 Å². The number of benzene rings is 2. The van der Waals surface area contributed by atoms with Crippen LogP contribution in [0.3, 0.4) is 0 Å². The molecule has 0 N–H and O–H groups in total. The van der Waals surface area contributed by atoms with Gasteiger partial charge in [-0.25, -0.2) is 18.0 Å². The Hall–Kier alpha value is -2.95. The van der Waals surface area contributed by atoms with Gasteiger partial charge in [0.05, 0.1) is 30.2 Å². The summed E-state index contributed by atoms with van der Waals surface area (Å²) >= 11 is 0. The molecule has 1 fully saturated rings. The summed E-state index contributed by atoms with van der Waals surface area (Å²) in [4.78, 5) is 26.4. The van der Waals surface area contributed by atoms with Crippen LogP contribution in [0.15, 0.2) is 47.4 Å². The van der Waals surface area contributed by atoms with Gasteiger partial charge < -0.3 is 19.1 Å². The molecule has 0 aromatic heterocycles. The van der Waals surface area contributed by atoms with Crippen LogP contribution in [0.25, 0.3) is 0 Å². The first-order valence-electron chi connectivity index (χ1n) is 9.53. The summed E-state index contributed by atoms with van der Waals surface area (Å²) < 4.78 is 42.5. The molecule has 1 heterocycles. The van der Waals surface area contributed by atoms with E-state index in [1.54, 1.807) is 0 Å². The van der Waals surface area contributed by atoms with Gasteiger partial charge in [0.15, 0.2) is 11.5 Å². The maximum Gasteiger partial charge on any atom is 0.343 e. The Morgan fingerprint density at radius 1 is 0.871 bits per heavy atom. The summed E-state index contributed by atoms with van der Waals surface area (Å²) in [5.41, 5.74) is 0.314. The van der Waals surface area contributed by atoms with E-state index < -0.39 is 22.0 Å². The van der Waals surface area contributed by atoms with Crippen LogP contribution < -0.4 is 9.47 Å². The number of ether oxygens (including phenoxy) is 3. The first-order chi connectivity index (χ1) is 14.8. The Kier molecular flexibility index (Phi) is 6.94.